The lowest BCUT2D eigenvalue weighted by molar-refractivity contribution is -0.148. The van der Waals surface area contributed by atoms with Crippen molar-refractivity contribution in [3.05, 3.63) is 12.2 Å². The molecule has 4 atom stereocenters. The van der Waals surface area contributed by atoms with Crippen molar-refractivity contribution in [3.63, 3.8) is 0 Å². The van der Waals surface area contributed by atoms with E-state index in [1.54, 1.807) is 20.3 Å². The molecule has 1 rings (SSSR count). The lowest BCUT2D eigenvalue weighted by Crippen LogP contribution is -2.28. The topological polar surface area (TPSA) is 71.1 Å². The number of esters is 2. The first-order valence-corrected chi connectivity index (χ1v) is 8.51. The van der Waals surface area contributed by atoms with Gasteiger partial charge < -0.3 is 18.9 Å². The van der Waals surface area contributed by atoms with E-state index in [4.69, 9.17) is 18.9 Å². The third kappa shape index (κ3) is 7.45. The summed E-state index contributed by atoms with van der Waals surface area (Å²) in [6.07, 6.45) is 5.32. The van der Waals surface area contributed by atoms with Crippen molar-refractivity contribution in [2.24, 2.45) is 11.8 Å². The molecule has 6 heteroatoms. The van der Waals surface area contributed by atoms with Crippen LogP contribution in [0.2, 0.25) is 0 Å². The van der Waals surface area contributed by atoms with Crippen LogP contribution >= 0.6 is 0 Å². The molecule has 0 aromatic carbocycles. The molecular formula is C18H30O6. The van der Waals surface area contributed by atoms with Crippen LogP contribution in [-0.2, 0) is 28.5 Å². The molecule has 0 aromatic rings. The minimum Gasteiger partial charge on any atom is -0.463 e. The first-order valence-electron chi connectivity index (χ1n) is 8.51. The third-order valence-corrected chi connectivity index (χ3v) is 4.41. The standard InChI is InChI=1S/C18H30O6/c1-13-7-5-9-17(19)24-12-16(22-4)14(2)8-6-10-18(20)23-11-15(13)21-3/h5,7,13-16H,6,8-12H2,1-4H3/b7-5-/t13-,14-,15-,16+/m0/s1. The van der Waals surface area contributed by atoms with E-state index in [1.165, 1.54) is 0 Å². The molecule has 1 heterocycles. The molecule has 0 aliphatic carbocycles. The average Bonchev–Trinajstić information content (AvgIpc) is 2.55. The summed E-state index contributed by atoms with van der Waals surface area (Å²) in [5.74, 6) is -0.283. The van der Waals surface area contributed by atoms with E-state index in [0.29, 0.717) is 12.8 Å². The summed E-state index contributed by atoms with van der Waals surface area (Å²) in [6, 6.07) is 0. The van der Waals surface area contributed by atoms with Gasteiger partial charge in [0.15, 0.2) is 0 Å². The molecule has 6 nitrogen and oxygen atoms in total. The molecule has 0 amide bonds. The summed E-state index contributed by atoms with van der Waals surface area (Å²) in [6.45, 7) is 4.42. The van der Waals surface area contributed by atoms with Crippen molar-refractivity contribution in [3.8, 4) is 0 Å². The highest BCUT2D eigenvalue weighted by atomic mass is 16.6. The van der Waals surface area contributed by atoms with Crippen molar-refractivity contribution < 1.29 is 28.5 Å². The maximum atomic E-state index is 11.8. The highest BCUT2D eigenvalue weighted by Crippen LogP contribution is 2.17. The lowest BCUT2D eigenvalue weighted by atomic mass is 9.98. The molecule has 0 saturated heterocycles. The number of hydrogen-bond acceptors (Lipinski definition) is 6. The smallest absolute Gasteiger partial charge is 0.309 e. The molecule has 24 heavy (non-hydrogen) atoms. The zero-order valence-corrected chi connectivity index (χ0v) is 15.2. The van der Waals surface area contributed by atoms with Gasteiger partial charge in [-0.15, -0.1) is 0 Å². The maximum Gasteiger partial charge on any atom is 0.309 e. The molecule has 0 aromatic heterocycles. The molecule has 0 spiro atoms. The van der Waals surface area contributed by atoms with Gasteiger partial charge in [0.05, 0.1) is 18.6 Å². The van der Waals surface area contributed by atoms with E-state index >= 15 is 0 Å². The van der Waals surface area contributed by atoms with Crippen LogP contribution in [0.15, 0.2) is 12.2 Å². The summed E-state index contributed by atoms with van der Waals surface area (Å²) < 4.78 is 21.4. The fourth-order valence-corrected chi connectivity index (χ4v) is 2.64. The van der Waals surface area contributed by atoms with E-state index in [0.717, 1.165) is 6.42 Å². The Morgan fingerprint density at radius 3 is 2.29 bits per heavy atom. The van der Waals surface area contributed by atoms with Crippen LogP contribution < -0.4 is 0 Å². The van der Waals surface area contributed by atoms with Crippen LogP contribution in [0.4, 0.5) is 0 Å². The quantitative estimate of drug-likeness (QED) is 0.567. The van der Waals surface area contributed by atoms with E-state index in [2.05, 4.69) is 0 Å². The largest absolute Gasteiger partial charge is 0.463 e. The molecule has 0 saturated carbocycles. The number of carbonyl (C=O) groups excluding carboxylic acids is 2. The second kappa shape index (κ2) is 11.2. The molecule has 0 unspecified atom stereocenters. The Bertz CT molecular complexity index is 420. The van der Waals surface area contributed by atoms with Crippen LogP contribution in [0.25, 0.3) is 0 Å². The van der Waals surface area contributed by atoms with Gasteiger partial charge in [0.2, 0.25) is 0 Å². The van der Waals surface area contributed by atoms with E-state index in [-0.39, 0.29) is 55.6 Å². The number of ether oxygens (including phenoxy) is 4. The van der Waals surface area contributed by atoms with Crippen molar-refractivity contribution >= 4 is 11.9 Å². The van der Waals surface area contributed by atoms with Crippen LogP contribution in [0, 0.1) is 11.8 Å². The van der Waals surface area contributed by atoms with Crippen molar-refractivity contribution in [2.75, 3.05) is 27.4 Å². The van der Waals surface area contributed by atoms with Gasteiger partial charge in [-0.2, -0.15) is 0 Å². The number of cyclic esters (lactones) is 2. The predicted octanol–water partition coefficient (Wildman–Crippen LogP) is 2.51. The molecule has 0 N–H and O–H groups in total. The summed E-state index contributed by atoms with van der Waals surface area (Å²) in [7, 11) is 3.19. The van der Waals surface area contributed by atoms with Gasteiger partial charge in [0.1, 0.15) is 13.2 Å². The first-order chi connectivity index (χ1) is 11.5. The number of rotatable bonds is 2. The van der Waals surface area contributed by atoms with Crippen LogP contribution in [-0.4, -0.2) is 51.6 Å². The predicted molar refractivity (Wildman–Crippen MR) is 89.4 cm³/mol. The zero-order valence-electron chi connectivity index (χ0n) is 15.2. The fraction of sp³-hybridized carbons (Fsp3) is 0.778. The average molecular weight is 342 g/mol. The van der Waals surface area contributed by atoms with Gasteiger partial charge in [-0.1, -0.05) is 26.0 Å². The summed E-state index contributed by atoms with van der Waals surface area (Å²) in [5, 5.41) is 0. The van der Waals surface area contributed by atoms with Gasteiger partial charge in [-0.3, -0.25) is 9.59 Å². The van der Waals surface area contributed by atoms with E-state index < -0.39 is 0 Å². The van der Waals surface area contributed by atoms with Crippen LogP contribution in [0.3, 0.4) is 0 Å². The van der Waals surface area contributed by atoms with Gasteiger partial charge in [-0.05, 0) is 18.8 Å². The fourth-order valence-electron chi connectivity index (χ4n) is 2.64. The third-order valence-electron chi connectivity index (χ3n) is 4.41. The Hall–Kier alpha value is -1.40. The number of methoxy groups -OCH3 is 2. The first kappa shape index (κ1) is 20.6. The minimum atomic E-state index is -0.278. The maximum absolute atomic E-state index is 11.8. The second-order valence-corrected chi connectivity index (χ2v) is 6.28. The molecular weight excluding hydrogens is 312 g/mol. The Morgan fingerprint density at radius 2 is 1.62 bits per heavy atom. The minimum absolute atomic E-state index is 0.0234. The Kier molecular flexibility index (Phi) is 9.64. The van der Waals surface area contributed by atoms with Crippen molar-refractivity contribution in [1.29, 1.82) is 0 Å². The van der Waals surface area contributed by atoms with Crippen molar-refractivity contribution in [2.45, 2.75) is 51.7 Å². The molecule has 0 fully saturated rings. The highest BCUT2D eigenvalue weighted by Gasteiger charge is 2.21. The molecule has 138 valence electrons. The van der Waals surface area contributed by atoms with E-state index in [9.17, 15) is 9.59 Å². The number of hydrogen-bond donors (Lipinski definition) is 0. The Labute approximate surface area is 144 Å². The normalized spacial score (nSPS) is 32.7. The second-order valence-electron chi connectivity index (χ2n) is 6.28. The highest BCUT2D eigenvalue weighted by molar-refractivity contribution is 5.71. The molecule has 0 bridgehead atoms. The van der Waals surface area contributed by atoms with Crippen LogP contribution in [0.5, 0.6) is 0 Å². The van der Waals surface area contributed by atoms with Gasteiger partial charge in [0, 0.05) is 26.6 Å². The van der Waals surface area contributed by atoms with Crippen LogP contribution in [0.1, 0.15) is 39.5 Å². The van der Waals surface area contributed by atoms with Crippen molar-refractivity contribution in [1.82, 2.24) is 0 Å². The molecule has 1 aliphatic rings. The lowest BCUT2D eigenvalue weighted by Gasteiger charge is -2.23. The zero-order chi connectivity index (χ0) is 17.9. The monoisotopic (exact) mass is 342 g/mol. The summed E-state index contributed by atoms with van der Waals surface area (Å²) in [4.78, 5) is 23.7. The number of carbonyl (C=O) groups is 2. The van der Waals surface area contributed by atoms with Gasteiger partial charge in [0.25, 0.3) is 0 Å². The Morgan fingerprint density at radius 1 is 1.00 bits per heavy atom. The molecule has 0 radical (unpaired) electrons. The summed E-state index contributed by atoms with van der Waals surface area (Å²) >= 11 is 0. The Balaban J connectivity index is 2.73. The van der Waals surface area contributed by atoms with Gasteiger partial charge >= 0.3 is 11.9 Å². The molecule has 1 aliphatic heterocycles. The van der Waals surface area contributed by atoms with Gasteiger partial charge in [-0.25, -0.2) is 0 Å². The SMILES string of the molecule is CO[C@H]1COC(=O)CCC[C@H](C)[C@H](OC)COC(=O)C/C=C\[C@@H]1C. The summed E-state index contributed by atoms with van der Waals surface area (Å²) in [5.41, 5.74) is 0. The van der Waals surface area contributed by atoms with E-state index in [1.807, 2.05) is 19.9 Å².